The number of aromatic amines is 1. The minimum Gasteiger partial charge on any atom is -0.332 e. The Bertz CT molecular complexity index is 369. The highest BCUT2D eigenvalue weighted by atomic mass is 16.2. The number of anilines is 1. The summed E-state index contributed by atoms with van der Waals surface area (Å²) in [5.41, 5.74) is 0.494. The van der Waals surface area contributed by atoms with Gasteiger partial charge in [-0.2, -0.15) is 5.10 Å². The monoisotopic (exact) mass is 223 g/mol. The fourth-order valence-corrected chi connectivity index (χ4v) is 1.52. The van der Waals surface area contributed by atoms with Gasteiger partial charge in [-0.15, -0.1) is 0 Å². The summed E-state index contributed by atoms with van der Waals surface area (Å²) >= 11 is 0. The van der Waals surface area contributed by atoms with Crippen molar-refractivity contribution in [2.24, 2.45) is 0 Å². The van der Waals surface area contributed by atoms with Crippen LogP contribution in [0.15, 0.2) is 12.4 Å². The lowest BCUT2D eigenvalue weighted by Crippen LogP contribution is -2.49. The molecule has 0 aliphatic carbocycles. The Morgan fingerprint density at radius 2 is 2.12 bits per heavy atom. The second-order valence-corrected chi connectivity index (χ2v) is 3.48. The lowest BCUT2D eigenvalue weighted by Gasteiger charge is -2.26. The molecule has 2 amide bonds. The molecule has 2 rings (SSSR count). The molecule has 16 heavy (non-hydrogen) atoms. The van der Waals surface area contributed by atoms with Crippen molar-refractivity contribution in [2.45, 2.75) is 0 Å². The Kier molecular flexibility index (Phi) is 3.16. The molecule has 1 aliphatic heterocycles. The van der Waals surface area contributed by atoms with E-state index in [-0.39, 0.29) is 0 Å². The zero-order chi connectivity index (χ0) is 11.4. The van der Waals surface area contributed by atoms with E-state index in [1.807, 2.05) is 0 Å². The van der Waals surface area contributed by atoms with Gasteiger partial charge in [0.25, 0.3) is 0 Å². The number of nitrogens with zero attached hydrogens (tertiary/aromatic N) is 2. The molecule has 0 radical (unpaired) electrons. The Morgan fingerprint density at radius 1 is 1.38 bits per heavy atom. The molecule has 1 fully saturated rings. The van der Waals surface area contributed by atoms with Crippen LogP contribution in [-0.2, 0) is 9.59 Å². The Labute approximate surface area is 92.2 Å². The van der Waals surface area contributed by atoms with Crippen molar-refractivity contribution in [3.8, 4) is 0 Å². The number of rotatable bonds is 1. The van der Waals surface area contributed by atoms with Crippen LogP contribution in [0.25, 0.3) is 0 Å². The smallest absolute Gasteiger partial charge is 0.313 e. The maximum absolute atomic E-state index is 11.7. The fraction of sp³-hybridized carbons (Fsp3) is 0.444. The van der Waals surface area contributed by atoms with E-state index in [2.05, 4.69) is 20.8 Å². The molecule has 3 N–H and O–H groups in total. The third kappa shape index (κ3) is 2.37. The molecule has 7 heteroatoms. The predicted molar refractivity (Wildman–Crippen MR) is 56.7 cm³/mol. The predicted octanol–water partition coefficient (Wildman–Crippen LogP) is -1.22. The Hall–Kier alpha value is -1.89. The number of hydrogen-bond acceptors (Lipinski definition) is 4. The van der Waals surface area contributed by atoms with Crippen LogP contribution >= 0.6 is 0 Å². The SMILES string of the molecule is O=C(Nc1cn[nH]c1)C(=O)N1CCNCC1. The van der Waals surface area contributed by atoms with Gasteiger partial charge in [-0.1, -0.05) is 0 Å². The summed E-state index contributed by atoms with van der Waals surface area (Å²) in [4.78, 5) is 24.8. The number of aromatic nitrogens is 2. The second-order valence-electron chi connectivity index (χ2n) is 3.48. The van der Waals surface area contributed by atoms with E-state index in [4.69, 9.17) is 0 Å². The van der Waals surface area contributed by atoms with Gasteiger partial charge < -0.3 is 15.5 Å². The van der Waals surface area contributed by atoms with Crippen molar-refractivity contribution in [2.75, 3.05) is 31.5 Å². The van der Waals surface area contributed by atoms with Gasteiger partial charge in [0.1, 0.15) is 0 Å². The fourth-order valence-electron chi connectivity index (χ4n) is 1.52. The highest BCUT2D eigenvalue weighted by molar-refractivity contribution is 6.39. The summed E-state index contributed by atoms with van der Waals surface area (Å²) in [6, 6.07) is 0. The average molecular weight is 223 g/mol. The van der Waals surface area contributed by atoms with Crippen molar-refractivity contribution in [3.63, 3.8) is 0 Å². The van der Waals surface area contributed by atoms with Gasteiger partial charge in [-0.25, -0.2) is 0 Å². The number of carbonyl (C=O) groups is 2. The molecule has 0 spiro atoms. The van der Waals surface area contributed by atoms with Crippen LogP contribution in [0.3, 0.4) is 0 Å². The largest absolute Gasteiger partial charge is 0.332 e. The summed E-state index contributed by atoms with van der Waals surface area (Å²) in [7, 11) is 0. The van der Waals surface area contributed by atoms with E-state index >= 15 is 0 Å². The molecule has 0 aromatic carbocycles. The highest BCUT2D eigenvalue weighted by Crippen LogP contribution is 2.02. The lowest BCUT2D eigenvalue weighted by molar-refractivity contribution is -0.143. The van der Waals surface area contributed by atoms with Crippen LogP contribution in [0.2, 0.25) is 0 Å². The maximum atomic E-state index is 11.7. The lowest BCUT2D eigenvalue weighted by atomic mass is 10.3. The van der Waals surface area contributed by atoms with Crippen molar-refractivity contribution in [3.05, 3.63) is 12.4 Å². The minimum atomic E-state index is -0.622. The van der Waals surface area contributed by atoms with Crippen LogP contribution in [-0.4, -0.2) is 53.1 Å². The molecule has 0 atom stereocenters. The van der Waals surface area contributed by atoms with Gasteiger partial charge in [0.15, 0.2) is 0 Å². The molecular formula is C9H13N5O2. The zero-order valence-corrected chi connectivity index (χ0v) is 8.69. The maximum Gasteiger partial charge on any atom is 0.313 e. The normalized spacial score (nSPS) is 15.9. The Morgan fingerprint density at radius 3 is 2.75 bits per heavy atom. The van der Waals surface area contributed by atoms with Gasteiger partial charge >= 0.3 is 11.8 Å². The van der Waals surface area contributed by atoms with Crippen LogP contribution < -0.4 is 10.6 Å². The number of hydrogen-bond donors (Lipinski definition) is 3. The molecule has 1 aromatic heterocycles. The van der Waals surface area contributed by atoms with Crippen LogP contribution in [0.1, 0.15) is 0 Å². The summed E-state index contributed by atoms with van der Waals surface area (Å²) in [6.45, 7) is 2.59. The molecule has 1 aliphatic rings. The van der Waals surface area contributed by atoms with Crippen molar-refractivity contribution in [1.82, 2.24) is 20.4 Å². The standard InChI is InChI=1S/C9H13N5O2/c15-8(13-7-5-11-12-6-7)9(16)14-3-1-10-2-4-14/h5-6,10H,1-4H2,(H,11,12)(H,13,15). The quantitative estimate of drug-likeness (QED) is 0.520. The molecule has 0 saturated carbocycles. The van der Waals surface area contributed by atoms with Gasteiger partial charge in [0.2, 0.25) is 0 Å². The molecule has 7 nitrogen and oxygen atoms in total. The number of H-pyrrole nitrogens is 1. The molecule has 86 valence electrons. The average Bonchev–Trinajstić information content (AvgIpc) is 2.82. The zero-order valence-electron chi connectivity index (χ0n) is 8.69. The molecule has 1 aromatic rings. The number of nitrogens with one attached hydrogen (secondary N) is 3. The summed E-state index contributed by atoms with van der Waals surface area (Å²) in [5, 5.41) is 11.8. The van der Waals surface area contributed by atoms with E-state index in [9.17, 15) is 9.59 Å². The number of piperazine rings is 1. The minimum absolute atomic E-state index is 0.494. The topological polar surface area (TPSA) is 90.1 Å². The van der Waals surface area contributed by atoms with E-state index in [0.717, 1.165) is 13.1 Å². The molecule has 0 unspecified atom stereocenters. The molecule has 0 bridgehead atoms. The van der Waals surface area contributed by atoms with Gasteiger partial charge in [0, 0.05) is 32.4 Å². The third-order valence-corrected chi connectivity index (χ3v) is 2.35. The van der Waals surface area contributed by atoms with Crippen LogP contribution in [0, 0.1) is 0 Å². The molecule has 2 heterocycles. The van der Waals surface area contributed by atoms with E-state index in [0.29, 0.717) is 18.8 Å². The van der Waals surface area contributed by atoms with Gasteiger partial charge in [0.05, 0.1) is 11.9 Å². The van der Waals surface area contributed by atoms with Crippen molar-refractivity contribution >= 4 is 17.5 Å². The number of amides is 2. The first kappa shape index (κ1) is 10.6. The Balaban J connectivity index is 1.91. The summed E-state index contributed by atoms with van der Waals surface area (Å²) in [5.74, 6) is -1.12. The first-order valence-corrected chi connectivity index (χ1v) is 5.07. The van der Waals surface area contributed by atoms with E-state index < -0.39 is 11.8 Å². The second kappa shape index (κ2) is 4.75. The van der Waals surface area contributed by atoms with Crippen LogP contribution in [0.5, 0.6) is 0 Å². The highest BCUT2D eigenvalue weighted by Gasteiger charge is 2.23. The van der Waals surface area contributed by atoms with Crippen LogP contribution in [0.4, 0.5) is 5.69 Å². The first-order valence-electron chi connectivity index (χ1n) is 5.07. The van der Waals surface area contributed by atoms with Gasteiger partial charge in [-0.05, 0) is 0 Å². The van der Waals surface area contributed by atoms with Gasteiger partial charge in [-0.3, -0.25) is 14.7 Å². The first-order chi connectivity index (χ1) is 7.77. The van der Waals surface area contributed by atoms with Crippen molar-refractivity contribution in [1.29, 1.82) is 0 Å². The molecule has 1 saturated heterocycles. The summed E-state index contributed by atoms with van der Waals surface area (Å²) in [6.07, 6.45) is 2.96. The van der Waals surface area contributed by atoms with Crippen molar-refractivity contribution < 1.29 is 9.59 Å². The van der Waals surface area contributed by atoms with E-state index in [1.165, 1.54) is 17.3 Å². The van der Waals surface area contributed by atoms with E-state index in [1.54, 1.807) is 0 Å². The third-order valence-electron chi connectivity index (χ3n) is 2.35. The number of carbonyl (C=O) groups excluding carboxylic acids is 2. The molecular weight excluding hydrogens is 210 g/mol. The summed E-state index contributed by atoms with van der Waals surface area (Å²) < 4.78 is 0.